The Bertz CT molecular complexity index is 2600. The predicted octanol–water partition coefficient (Wildman–Crippen LogP) is 5.98. The molecule has 2 aromatic rings. The van der Waals surface area contributed by atoms with E-state index in [1.807, 2.05) is 110 Å². The second-order valence-corrected chi connectivity index (χ2v) is 25.9. The van der Waals surface area contributed by atoms with Crippen LogP contribution in [0.3, 0.4) is 0 Å². The van der Waals surface area contributed by atoms with E-state index in [2.05, 4.69) is 26.6 Å². The van der Waals surface area contributed by atoms with Crippen molar-refractivity contribution in [3.05, 3.63) is 65.7 Å². The van der Waals surface area contributed by atoms with E-state index in [1.165, 1.54) is 26.2 Å². The number of carbonyl (C=O) groups is 9. The summed E-state index contributed by atoms with van der Waals surface area (Å²) in [7, 11) is 9.48. The maximum absolute atomic E-state index is 14.9. The number of alkyl carbamates (subject to hydrolysis) is 1. The molecule has 2 aromatic carbocycles. The first-order valence-corrected chi connectivity index (χ1v) is 31.5. The maximum Gasteiger partial charge on any atom is 0.408 e. The molecule has 0 spiro atoms. The number of likely N-dealkylation sites (N-methyl/N-ethyl adjacent to an activating group) is 3. The van der Waals surface area contributed by atoms with E-state index in [9.17, 15) is 43.2 Å². The summed E-state index contributed by atoms with van der Waals surface area (Å²) in [5.74, 6) is -4.17. The number of methoxy groups -OCH3 is 3. The normalized spacial score (nSPS) is 16.8. The summed E-state index contributed by atoms with van der Waals surface area (Å²) in [4.78, 5) is 130. The molecule has 9 amide bonds. The van der Waals surface area contributed by atoms with Gasteiger partial charge in [-0.1, -0.05) is 111 Å². The van der Waals surface area contributed by atoms with Crippen LogP contribution in [0.25, 0.3) is 0 Å². The van der Waals surface area contributed by atoms with Gasteiger partial charge in [0.2, 0.25) is 35.4 Å². The zero-order valence-corrected chi connectivity index (χ0v) is 56.4. The van der Waals surface area contributed by atoms with E-state index in [0.29, 0.717) is 50.9 Å². The Morgan fingerprint density at radius 1 is 0.730 bits per heavy atom. The third-order valence-electron chi connectivity index (χ3n) is 16.7. The number of carbonyl (C=O) groups excluding carboxylic acids is 9. The Labute approximate surface area is 529 Å². The van der Waals surface area contributed by atoms with E-state index in [4.69, 9.17) is 24.7 Å². The highest BCUT2D eigenvalue weighted by Crippen LogP contribution is 2.30. The van der Waals surface area contributed by atoms with Crippen LogP contribution in [-0.2, 0) is 65.4 Å². The molecule has 0 unspecified atom stereocenters. The number of amides is 9. The SMILES string of the molecule is CC[C@H](C)[C@@H]([C@@H](CC(=O)N1CCC[C@H]1[C@H](OC)[C@@H](C)C(=O)N[C@@H](Cc1ccccc1)C(=O)OC)OC)N(C)C(=O)[C@@H](NC(=O)[C@H](C(C)C)N(C)CCc1ccc(N(C)C(=O)[C@H](CCCNC(N)=O)NC(=O)[C@H](CC(C)C)NC(=O)OC(C)(C)C)cc1)C(C)C. The standard InChI is InChI=1S/C66H108N10O13/c1-19-43(8)56(52(86-16)39-53(77)76-35-24-28-51(76)57(87-17)44(9)58(78)70-50(63(83)88-18)38-46-25-21-20-22-26-46)75(15)62(82)54(41(4)5)72-60(80)55(42(6)7)73(13)36-33-45-29-31-47(32-30-45)74(14)61(81)48(27-23-34-68-64(67)84)69-59(79)49(37-40(2)3)71-65(85)89-66(10,11)12/h20-22,25-26,29-32,40-44,48-52,54-57H,19,23-24,27-28,33-39H2,1-18H3,(H,69,79)(H,70,78)(H,71,85)(H,72,80)(H3,67,68,84)/t43-,44+,48-,49-,50-,51-,52+,54-,55-,56-,57+/m0/s1. The van der Waals surface area contributed by atoms with Crippen LogP contribution in [0.2, 0.25) is 0 Å². The van der Waals surface area contributed by atoms with Gasteiger partial charge in [-0.25, -0.2) is 14.4 Å². The van der Waals surface area contributed by atoms with Gasteiger partial charge in [-0.3, -0.25) is 33.7 Å². The topological polar surface area (TPSA) is 290 Å². The van der Waals surface area contributed by atoms with Crippen molar-refractivity contribution in [2.75, 3.05) is 67.0 Å². The Kier molecular flexibility index (Phi) is 31.5. The molecule has 0 aliphatic carbocycles. The minimum Gasteiger partial charge on any atom is -0.467 e. The molecule has 11 atom stereocenters. The van der Waals surface area contributed by atoms with Gasteiger partial charge in [0.15, 0.2) is 0 Å². The van der Waals surface area contributed by atoms with Crippen LogP contribution in [0.4, 0.5) is 15.3 Å². The third kappa shape index (κ3) is 23.8. The number of likely N-dealkylation sites (tertiary alicyclic amines) is 1. The molecular formula is C66H108N10O13. The number of rotatable bonds is 35. The second kappa shape index (κ2) is 36.7. The molecule has 23 nitrogen and oxygen atoms in total. The lowest BCUT2D eigenvalue weighted by Gasteiger charge is -2.41. The molecule has 7 N–H and O–H groups in total. The van der Waals surface area contributed by atoms with E-state index in [-0.39, 0.29) is 73.6 Å². The summed E-state index contributed by atoms with van der Waals surface area (Å²) in [6.07, 6.45) is 1.18. The van der Waals surface area contributed by atoms with Crippen molar-refractivity contribution in [1.29, 1.82) is 0 Å². The third-order valence-corrected chi connectivity index (χ3v) is 16.7. The van der Waals surface area contributed by atoms with Crippen LogP contribution in [0.15, 0.2) is 54.6 Å². The lowest BCUT2D eigenvalue weighted by atomic mass is 9.89. The Morgan fingerprint density at radius 2 is 1.36 bits per heavy atom. The highest BCUT2D eigenvalue weighted by atomic mass is 16.6. The van der Waals surface area contributed by atoms with Crippen LogP contribution in [0, 0.1) is 29.6 Å². The number of esters is 1. The van der Waals surface area contributed by atoms with Crippen LogP contribution in [-0.4, -0.2) is 190 Å². The van der Waals surface area contributed by atoms with Crippen molar-refractivity contribution in [3.8, 4) is 0 Å². The summed E-state index contributed by atoms with van der Waals surface area (Å²) in [5, 5.41) is 14.0. The van der Waals surface area contributed by atoms with Crippen LogP contribution >= 0.6 is 0 Å². The van der Waals surface area contributed by atoms with E-state index in [0.717, 1.165) is 11.1 Å². The Balaban J connectivity index is 1.76. The van der Waals surface area contributed by atoms with Crippen LogP contribution in [0.1, 0.15) is 139 Å². The minimum atomic E-state index is -1.03. The number of nitrogens with two attached hydrogens (primary N) is 1. The first kappa shape index (κ1) is 76.4. The van der Waals surface area contributed by atoms with Gasteiger partial charge in [0.25, 0.3) is 0 Å². The average Bonchev–Trinajstić information content (AvgIpc) is 2.36. The van der Waals surface area contributed by atoms with Crippen molar-refractivity contribution < 1.29 is 62.1 Å². The monoisotopic (exact) mass is 1250 g/mol. The second-order valence-electron chi connectivity index (χ2n) is 25.9. The zero-order valence-electron chi connectivity index (χ0n) is 56.4. The fourth-order valence-electron chi connectivity index (χ4n) is 11.7. The first-order valence-electron chi connectivity index (χ1n) is 31.5. The van der Waals surface area contributed by atoms with Gasteiger partial charge in [0.05, 0.1) is 49.8 Å². The molecule has 1 saturated heterocycles. The largest absolute Gasteiger partial charge is 0.467 e. The first-order chi connectivity index (χ1) is 41.8. The van der Waals surface area contributed by atoms with Gasteiger partial charge >= 0.3 is 18.1 Å². The van der Waals surface area contributed by atoms with E-state index < -0.39 is 102 Å². The molecule has 1 aliphatic heterocycles. The summed E-state index contributed by atoms with van der Waals surface area (Å²) in [6.45, 7) is 23.4. The van der Waals surface area contributed by atoms with Crippen molar-refractivity contribution in [2.24, 2.45) is 35.3 Å². The number of primary amides is 1. The predicted molar refractivity (Wildman–Crippen MR) is 343 cm³/mol. The number of hydrogen-bond acceptors (Lipinski definition) is 14. The molecule has 1 aliphatic rings. The summed E-state index contributed by atoms with van der Waals surface area (Å²) >= 11 is 0. The quantitative estimate of drug-likeness (QED) is 0.0342. The summed E-state index contributed by atoms with van der Waals surface area (Å²) in [5.41, 5.74) is 6.81. The maximum atomic E-state index is 14.9. The van der Waals surface area contributed by atoms with E-state index >= 15 is 0 Å². The molecule has 89 heavy (non-hydrogen) atoms. The number of anilines is 1. The lowest BCUT2D eigenvalue weighted by molar-refractivity contribution is -0.149. The van der Waals surface area contributed by atoms with Gasteiger partial charge in [-0.2, -0.15) is 0 Å². The van der Waals surface area contributed by atoms with Gasteiger partial charge in [-0.15, -0.1) is 0 Å². The molecule has 23 heteroatoms. The number of benzene rings is 2. The number of nitrogens with zero attached hydrogens (tertiary/aromatic N) is 4. The fourth-order valence-corrected chi connectivity index (χ4v) is 11.7. The number of ether oxygens (including phenoxy) is 4. The molecule has 500 valence electrons. The Hall–Kier alpha value is -6.85. The highest BCUT2D eigenvalue weighted by molar-refractivity contribution is 5.99. The number of hydrogen-bond donors (Lipinski definition) is 6. The highest BCUT2D eigenvalue weighted by Gasteiger charge is 2.44. The molecule has 1 heterocycles. The van der Waals surface area contributed by atoms with Crippen molar-refractivity contribution in [2.45, 2.75) is 201 Å². The van der Waals surface area contributed by atoms with Crippen LogP contribution < -0.4 is 37.2 Å². The van der Waals surface area contributed by atoms with Gasteiger partial charge in [0, 0.05) is 60.1 Å². The molecule has 0 aromatic heterocycles. The summed E-state index contributed by atoms with van der Waals surface area (Å²) < 4.78 is 22.6. The number of urea groups is 1. The average molecular weight is 1250 g/mol. The summed E-state index contributed by atoms with van der Waals surface area (Å²) in [6, 6.07) is 10.5. The van der Waals surface area contributed by atoms with E-state index in [1.54, 1.807) is 63.7 Å². The molecule has 0 bridgehead atoms. The smallest absolute Gasteiger partial charge is 0.408 e. The number of nitrogens with one attached hydrogen (secondary N) is 5. The van der Waals surface area contributed by atoms with Crippen molar-refractivity contribution >= 4 is 59.2 Å². The molecule has 0 radical (unpaired) electrons. The van der Waals surface area contributed by atoms with Crippen molar-refractivity contribution in [1.82, 2.24) is 41.3 Å². The Morgan fingerprint density at radius 3 is 1.90 bits per heavy atom. The van der Waals surface area contributed by atoms with Crippen LogP contribution in [0.5, 0.6) is 0 Å². The molecule has 3 rings (SSSR count). The molecule has 0 saturated carbocycles. The van der Waals surface area contributed by atoms with Gasteiger partial charge < -0.3 is 66.0 Å². The van der Waals surface area contributed by atoms with Gasteiger partial charge in [-0.05, 0) is 113 Å². The molecule has 1 fully saturated rings. The molecular weight excluding hydrogens is 1140 g/mol. The zero-order chi connectivity index (χ0) is 67.0. The lowest BCUT2D eigenvalue weighted by Crippen LogP contribution is -2.60. The fraction of sp³-hybridized carbons (Fsp3) is 0.682. The van der Waals surface area contributed by atoms with Crippen molar-refractivity contribution in [3.63, 3.8) is 0 Å². The minimum absolute atomic E-state index is 0.0119. The van der Waals surface area contributed by atoms with Gasteiger partial charge in [0.1, 0.15) is 29.8 Å².